The van der Waals surface area contributed by atoms with Crippen molar-refractivity contribution in [2.24, 2.45) is 7.05 Å². The Bertz CT molecular complexity index is 796. The Kier molecular flexibility index (Phi) is 5.67. The molecule has 0 bridgehead atoms. The topological polar surface area (TPSA) is 85.6 Å². The molecule has 26 heavy (non-hydrogen) atoms. The summed E-state index contributed by atoms with van der Waals surface area (Å²) in [6.45, 7) is 5.05. The molecule has 140 valence electrons. The molecule has 9 heteroatoms. The van der Waals surface area contributed by atoms with Gasteiger partial charge in [-0.2, -0.15) is 0 Å². The number of morpholine rings is 1. The molecule has 1 aliphatic heterocycles. The van der Waals surface area contributed by atoms with Crippen LogP contribution in [0.5, 0.6) is 5.88 Å². The summed E-state index contributed by atoms with van der Waals surface area (Å²) in [5, 5.41) is 0. The van der Waals surface area contributed by atoms with Gasteiger partial charge < -0.3 is 23.8 Å². The van der Waals surface area contributed by atoms with E-state index in [0.717, 1.165) is 12.4 Å². The van der Waals surface area contributed by atoms with E-state index in [1.54, 1.807) is 19.4 Å². The molecule has 0 N–H and O–H groups in total. The van der Waals surface area contributed by atoms with E-state index < -0.39 is 0 Å². The van der Waals surface area contributed by atoms with E-state index >= 15 is 0 Å². The highest BCUT2D eigenvalue weighted by Crippen LogP contribution is 2.19. The minimum absolute atomic E-state index is 0.0639. The lowest BCUT2D eigenvalue weighted by Crippen LogP contribution is -2.48. The van der Waals surface area contributed by atoms with Gasteiger partial charge in [0.25, 0.3) is 5.56 Å². The number of rotatable bonds is 6. The zero-order valence-corrected chi connectivity index (χ0v) is 15.3. The van der Waals surface area contributed by atoms with Gasteiger partial charge in [-0.05, 0) is 6.92 Å². The second-order valence-electron chi connectivity index (χ2n) is 6.13. The molecule has 1 saturated heterocycles. The molecule has 0 saturated carbocycles. The summed E-state index contributed by atoms with van der Waals surface area (Å²) in [4.78, 5) is 28.8. The minimum Gasteiger partial charge on any atom is -0.478 e. The molecular formula is C17H24N6O3. The van der Waals surface area contributed by atoms with E-state index in [2.05, 4.69) is 19.9 Å². The monoisotopic (exact) mass is 360 g/mol. The lowest BCUT2D eigenvalue weighted by molar-refractivity contribution is 0.0455. The highest BCUT2D eigenvalue weighted by Gasteiger charge is 2.24. The molecule has 0 aromatic carbocycles. The van der Waals surface area contributed by atoms with Crippen LogP contribution in [0, 0.1) is 0 Å². The summed E-state index contributed by atoms with van der Waals surface area (Å²) >= 11 is 0. The van der Waals surface area contributed by atoms with Crippen LogP contribution in [0.25, 0.3) is 0 Å². The summed E-state index contributed by atoms with van der Waals surface area (Å²) in [7, 11) is 3.56. The Morgan fingerprint density at radius 3 is 3.04 bits per heavy atom. The second-order valence-corrected chi connectivity index (χ2v) is 6.13. The fourth-order valence-electron chi connectivity index (χ4n) is 2.91. The van der Waals surface area contributed by atoms with E-state index in [1.807, 2.05) is 24.9 Å². The molecule has 2 aromatic heterocycles. The molecule has 1 aliphatic rings. The van der Waals surface area contributed by atoms with Crippen molar-refractivity contribution in [3.63, 3.8) is 0 Å². The Morgan fingerprint density at radius 1 is 1.38 bits per heavy atom. The quantitative estimate of drug-likeness (QED) is 0.728. The molecule has 0 aliphatic carbocycles. The zero-order chi connectivity index (χ0) is 18.5. The number of hydrogen-bond donors (Lipinski definition) is 0. The summed E-state index contributed by atoms with van der Waals surface area (Å²) < 4.78 is 12.8. The van der Waals surface area contributed by atoms with Crippen molar-refractivity contribution >= 4 is 11.6 Å². The van der Waals surface area contributed by atoms with Gasteiger partial charge in [-0.25, -0.2) is 15.0 Å². The van der Waals surface area contributed by atoms with Crippen molar-refractivity contribution in [1.29, 1.82) is 0 Å². The normalized spacial score (nSPS) is 17.2. The Hall–Kier alpha value is -2.68. The first kappa shape index (κ1) is 18.1. The highest BCUT2D eigenvalue weighted by atomic mass is 16.5. The summed E-state index contributed by atoms with van der Waals surface area (Å²) in [6.07, 6.45) is 4.71. The standard InChI is InChI=1S/C17H24N6O3/c1-4-25-15-9-14(19-12-20-15)23-7-8-26-13(11-23)10-22(3)16-17(24)21(2)6-5-18-16/h5-6,9,12-13H,4,7-8,10-11H2,1-3H3/t13-/m1/s1. The summed E-state index contributed by atoms with van der Waals surface area (Å²) in [5.41, 5.74) is -0.125. The lowest BCUT2D eigenvalue weighted by Gasteiger charge is -2.35. The number of anilines is 2. The average Bonchev–Trinajstić information content (AvgIpc) is 2.65. The van der Waals surface area contributed by atoms with E-state index in [9.17, 15) is 4.79 Å². The van der Waals surface area contributed by atoms with Gasteiger partial charge in [-0.3, -0.25) is 4.79 Å². The minimum atomic E-state index is -0.125. The van der Waals surface area contributed by atoms with Crippen LogP contribution in [-0.4, -0.2) is 65.5 Å². The van der Waals surface area contributed by atoms with Gasteiger partial charge in [-0.15, -0.1) is 0 Å². The smallest absolute Gasteiger partial charge is 0.293 e. The van der Waals surface area contributed by atoms with Crippen molar-refractivity contribution in [3.05, 3.63) is 35.1 Å². The lowest BCUT2D eigenvalue weighted by atomic mass is 10.2. The number of aryl methyl sites for hydroxylation is 1. The maximum absolute atomic E-state index is 12.2. The van der Waals surface area contributed by atoms with Gasteiger partial charge in [0, 0.05) is 52.2 Å². The molecule has 3 rings (SSSR count). The van der Waals surface area contributed by atoms with Gasteiger partial charge in [0.05, 0.1) is 19.3 Å². The van der Waals surface area contributed by atoms with Crippen LogP contribution in [-0.2, 0) is 11.8 Å². The number of likely N-dealkylation sites (N-methyl/N-ethyl adjacent to an activating group) is 1. The molecule has 3 heterocycles. The largest absolute Gasteiger partial charge is 0.478 e. The molecule has 2 aromatic rings. The fraction of sp³-hybridized carbons (Fsp3) is 0.529. The van der Waals surface area contributed by atoms with Crippen LogP contribution in [0.3, 0.4) is 0 Å². The molecule has 9 nitrogen and oxygen atoms in total. The first-order chi connectivity index (χ1) is 12.6. The van der Waals surface area contributed by atoms with E-state index in [0.29, 0.717) is 38.0 Å². The van der Waals surface area contributed by atoms with Gasteiger partial charge in [-0.1, -0.05) is 0 Å². The summed E-state index contributed by atoms with van der Waals surface area (Å²) in [5.74, 6) is 1.79. The number of ether oxygens (including phenoxy) is 2. The van der Waals surface area contributed by atoms with Crippen LogP contribution in [0.2, 0.25) is 0 Å². The summed E-state index contributed by atoms with van der Waals surface area (Å²) in [6, 6.07) is 1.84. The number of hydrogen-bond acceptors (Lipinski definition) is 8. The van der Waals surface area contributed by atoms with Crippen molar-refractivity contribution in [2.45, 2.75) is 13.0 Å². The maximum Gasteiger partial charge on any atom is 0.293 e. The fourth-order valence-corrected chi connectivity index (χ4v) is 2.91. The molecule has 0 radical (unpaired) electrons. The van der Waals surface area contributed by atoms with Gasteiger partial charge in [0.1, 0.15) is 12.1 Å². The molecule has 0 unspecified atom stereocenters. The van der Waals surface area contributed by atoms with Gasteiger partial charge in [0.15, 0.2) is 5.82 Å². The predicted molar refractivity (Wildman–Crippen MR) is 97.9 cm³/mol. The third kappa shape index (κ3) is 4.10. The third-order valence-electron chi connectivity index (χ3n) is 4.22. The van der Waals surface area contributed by atoms with Crippen molar-refractivity contribution in [2.75, 3.05) is 49.7 Å². The van der Waals surface area contributed by atoms with Crippen LogP contribution in [0.1, 0.15) is 6.92 Å². The number of nitrogens with zero attached hydrogens (tertiary/aromatic N) is 6. The van der Waals surface area contributed by atoms with Gasteiger partial charge >= 0.3 is 0 Å². The molecular weight excluding hydrogens is 336 g/mol. The third-order valence-corrected chi connectivity index (χ3v) is 4.22. The predicted octanol–water partition coefficient (Wildman–Crippen LogP) is 0.311. The van der Waals surface area contributed by atoms with Crippen LogP contribution in [0.4, 0.5) is 11.6 Å². The van der Waals surface area contributed by atoms with E-state index in [-0.39, 0.29) is 11.7 Å². The second kappa shape index (κ2) is 8.13. The Balaban J connectivity index is 1.68. The highest BCUT2D eigenvalue weighted by molar-refractivity contribution is 5.42. The zero-order valence-electron chi connectivity index (χ0n) is 15.3. The Morgan fingerprint density at radius 2 is 2.23 bits per heavy atom. The molecule has 0 spiro atoms. The van der Waals surface area contributed by atoms with E-state index in [1.165, 1.54) is 10.9 Å². The Labute approximate surface area is 152 Å². The van der Waals surface area contributed by atoms with Crippen LogP contribution < -0.4 is 20.1 Å². The van der Waals surface area contributed by atoms with Crippen molar-refractivity contribution < 1.29 is 9.47 Å². The van der Waals surface area contributed by atoms with Crippen molar-refractivity contribution in [1.82, 2.24) is 19.5 Å². The van der Waals surface area contributed by atoms with E-state index in [4.69, 9.17) is 9.47 Å². The number of aromatic nitrogens is 4. The molecule has 1 atom stereocenters. The average molecular weight is 360 g/mol. The first-order valence-corrected chi connectivity index (χ1v) is 8.62. The van der Waals surface area contributed by atoms with Gasteiger partial charge in [0.2, 0.25) is 5.88 Å². The van der Waals surface area contributed by atoms with Crippen LogP contribution >= 0.6 is 0 Å². The van der Waals surface area contributed by atoms with Crippen molar-refractivity contribution in [3.8, 4) is 5.88 Å². The molecule has 1 fully saturated rings. The SMILES string of the molecule is CCOc1cc(N2CCO[C@H](CN(C)c3nccn(C)c3=O)C2)ncn1. The maximum atomic E-state index is 12.2. The van der Waals surface area contributed by atoms with Crippen LogP contribution in [0.15, 0.2) is 29.6 Å². The molecule has 0 amide bonds. The first-order valence-electron chi connectivity index (χ1n) is 8.62.